The van der Waals surface area contributed by atoms with E-state index in [1.54, 1.807) is 0 Å². The van der Waals surface area contributed by atoms with Crippen LogP contribution in [0.3, 0.4) is 0 Å². The van der Waals surface area contributed by atoms with Crippen molar-refractivity contribution in [3.63, 3.8) is 0 Å². The summed E-state index contributed by atoms with van der Waals surface area (Å²) >= 11 is 1.04. The van der Waals surface area contributed by atoms with Gasteiger partial charge in [0.1, 0.15) is 4.88 Å². The Bertz CT molecular complexity index is 417. The van der Waals surface area contributed by atoms with E-state index in [2.05, 4.69) is 20.1 Å². The van der Waals surface area contributed by atoms with Crippen molar-refractivity contribution in [2.24, 2.45) is 10.9 Å². The SMILES string of the molecule is CCc1nnsc1C(=O)NC(CC)C(N)=NO. The molecule has 0 aliphatic heterocycles. The summed E-state index contributed by atoms with van der Waals surface area (Å²) in [7, 11) is 0. The molecule has 0 saturated heterocycles. The number of nitrogens with one attached hydrogen (secondary N) is 1. The number of hydrogen-bond donors (Lipinski definition) is 3. The number of carbonyl (C=O) groups is 1. The van der Waals surface area contributed by atoms with Crippen molar-refractivity contribution in [1.29, 1.82) is 0 Å². The number of amidine groups is 1. The van der Waals surface area contributed by atoms with Crippen LogP contribution in [-0.4, -0.2) is 32.6 Å². The Morgan fingerprint density at radius 2 is 2.35 bits per heavy atom. The van der Waals surface area contributed by atoms with Crippen LogP contribution in [0.2, 0.25) is 0 Å². The molecule has 1 heterocycles. The van der Waals surface area contributed by atoms with Gasteiger partial charge in [0.2, 0.25) is 0 Å². The van der Waals surface area contributed by atoms with Crippen LogP contribution < -0.4 is 11.1 Å². The van der Waals surface area contributed by atoms with E-state index >= 15 is 0 Å². The highest BCUT2D eigenvalue weighted by Crippen LogP contribution is 2.11. The molecule has 0 aliphatic carbocycles. The van der Waals surface area contributed by atoms with E-state index in [9.17, 15) is 4.79 Å². The van der Waals surface area contributed by atoms with E-state index in [0.29, 0.717) is 23.4 Å². The van der Waals surface area contributed by atoms with Crippen molar-refractivity contribution >= 4 is 23.3 Å². The van der Waals surface area contributed by atoms with Crippen LogP contribution in [0, 0.1) is 0 Å². The molecule has 17 heavy (non-hydrogen) atoms. The Hall–Kier alpha value is -1.70. The van der Waals surface area contributed by atoms with Crippen molar-refractivity contribution < 1.29 is 10.0 Å². The molecule has 0 fully saturated rings. The zero-order chi connectivity index (χ0) is 12.8. The van der Waals surface area contributed by atoms with Gasteiger partial charge in [-0.15, -0.1) is 5.10 Å². The normalized spacial score (nSPS) is 13.4. The molecule has 0 saturated carbocycles. The van der Waals surface area contributed by atoms with Crippen molar-refractivity contribution in [2.45, 2.75) is 32.7 Å². The highest BCUT2D eigenvalue weighted by atomic mass is 32.1. The summed E-state index contributed by atoms with van der Waals surface area (Å²) < 4.78 is 3.73. The van der Waals surface area contributed by atoms with Gasteiger partial charge in [-0.1, -0.05) is 23.5 Å². The number of hydrogen-bond acceptors (Lipinski definition) is 6. The second-order valence-corrected chi connectivity index (χ2v) is 4.12. The number of aromatic nitrogens is 2. The molecule has 94 valence electrons. The second-order valence-electron chi connectivity index (χ2n) is 3.36. The van der Waals surface area contributed by atoms with E-state index < -0.39 is 6.04 Å². The summed E-state index contributed by atoms with van der Waals surface area (Å²) in [6, 6.07) is -0.487. The van der Waals surface area contributed by atoms with Gasteiger partial charge >= 0.3 is 0 Å². The maximum absolute atomic E-state index is 11.9. The molecule has 4 N–H and O–H groups in total. The third kappa shape index (κ3) is 3.13. The zero-order valence-electron chi connectivity index (χ0n) is 9.67. The van der Waals surface area contributed by atoms with Gasteiger partial charge < -0.3 is 16.3 Å². The maximum Gasteiger partial charge on any atom is 0.265 e. The predicted octanol–water partition coefficient (Wildman–Crippen LogP) is 0.355. The van der Waals surface area contributed by atoms with Gasteiger partial charge in [0.15, 0.2) is 5.84 Å². The van der Waals surface area contributed by atoms with Crippen LogP contribution >= 0.6 is 11.5 Å². The minimum atomic E-state index is -0.487. The molecule has 0 radical (unpaired) electrons. The third-order valence-electron chi connectivity index (χ3n) is 2.28. The molecule has 0 aromatic carbocycles. The lowest BCUT2D eigenvalue weighted by Crippen LogP contribution is -2.44. The molecular formula is C9H15N5O2S. The fraction of sp³-hybridized carbons (Fsp3) is 0.556. The van der Waals surface area contributed by atoms with Crippen LogP contribution in [0.25, 0.3) is 0 Å². The lowest BCUT2D eigenvalue weighted by atomic mass is 10.2. The number of oxime groups is 1. The van der Waals surface area contributed by atoms with Crippen LogP contribution in [0.4, 0.5) is 0 Å². The Labute approximate surface area is 103 Å². The van der Waals surface area contributed by atoms with Crippen LogP contribution in [-0.2, 0) is 6.42 Å². The first-order valence-corrected chi connectivity index (χ1v) is 6.00. The Morgan fingerprint density at radius 3 is 2.88 bits per heavy atom. The van der Waals surface area contributed by atoms with Crippen LogP contribution in [0.1, 0.15) is 35.6 Å². The fourth-order valence-electron chi connectivity index (χ4n) is 1.29. The van der Waals surface area contributed by atoms with Gasteiger partial charge in [-0.25, -0.2) is 0 Å². The minimum absolute atomic E-state index is 0.0172. The van der Waals surface area contributed by atoms with Crippen molar-refractivity contribution in [3.8, 4) is 0 Å². The first kappa shape index (κ1) is 13.4. The number of rotatable bonds is 5. The average molecular weight is 257 g/mol. The Balaban J connectivity index is 2.78. The van der Waals surface area contributed by atoms with Crippen molar-refractivity contribution in [2.75, 3.05) is 0 Å². The smallest absolute Gasteiger partial charge is 0.265 e. The lowest BCUT2D eigenvalue weighted by Gasteiger charge is -2.14. The summed E-state index contributed by atoms with van der Waals surface area (Å²) in [6.45, 7) is 3.73. The molecule has 1 unspecified atom stereocenters. The highest BCUT2D eigenvalue weighted by molar-refractivity contribution is 7.08. The second kappa shape index (κ2) is 6.14. The topological polar surface area (TPSA) is 113 Å². The largest absolute Gasteiger partial charge is 0.409 e. The molecule has 1 atom stereocenters. The Morgan fingerprint density at radius 1 is 1.65 bits per heavy atom. The molecule has 1 rings (SSSR count). The highest BCUT2D eigenvalue weighted by Gasteiger charge is 2.20. The molecule has 0 spiro atoms. The molecule has 1 amide bonds. The number of aryl methyl sites for hydroxylation is 1. The summed E-state index contributed by atoms with van der Waals surface area (Å²) in [6.07, 6.45) is 1.18. The molecule has 8 heteroatoms. The molecule has 0 aliphatic rings. The van der Waals surface area contributed by atoms with Gasteiger partial charge in [-0.2, -0.15) is 0 Å². The third-order valence-corrected chi connectivity index (χ3v) is 3.05. The van der Waals surface area contributed by atoms with E-state index in [1.807, 2.05) is 13.8 Å². The van der Waals surface area contributed by atoms with E-state index in [1.165, 1.54) is 0 Å². The summed E-state index contributed by atoms with van der Waals surface area (Å²) in [5.74, 6) is -0.313. The first-order valence-electron chi connectivity index (χ1n) is 5.23. The number of carbonyl (C=O) groups excluding carboxylic acids is 1. The number of amides is 1. The van der Waals surface area contributed by atoms with Crippen LogP contribution in [0.5, 0.6) is 0 Å². The Kier molecular flexibility index (Phi) is 4.83. The lowest BCUT2D eigenvalue weighted by molar-refractivity contribution is 0.0948. The minimum Gasteiger partial charge on any atom is -0.409 e. The molecule has 7 nitrogen and oxygen atoms in total. The molecule has 1 aromatic heterocycles. The monoisotopic (exact) mass is 257 g/mol. The van der Waals surface area contributed by atoms with Gasteiger partial charge in [-0.3, -0.25) is 4.79 Å². The van der Waals surface area contributed by atoms with E-state index in [0.717, 1.165) is 11.5 Å². The fourth-order valence-corrected chi connectivity index (χ4v) is 1.94. The van der Waals surface area contributed by atoms with Gasteiger partial charge in [0.05, 0.1) is 11.7 Å². The van der Waals surface area contributed by atoms with Gasteiger partial charge in [0.25, 0.3) is 5.91 Å². The quantitative estimate of drug-likeness (QED) is 0.305. The number of nitrogens with two attached hydrogens (primary N) is 1. The van der Waals surface area contributed by atoms with Crippen molar-refractivity contribution in [1.82, 2.24) is 14.9 Å². The van der Waals surface area contributed by atoms with E-state index in [-0.39, 0.29) is 11.7 Å². The molecular weight excluding hydrogens is 242 g/mol. The van der Waals surface area contributed by atoms with Crippen molar-refractivity contribution in [3.05, 3.63) is 10.6 Å². The average Bonchev–Trinajstić information content (AvgIpc) is 2.82. The predicted molar refractivity (Wildman–Crippen MR) is 64.2 cm³/mol. The first-order chi connectivity index (χ1) is 8.13. The maximum atomic E-state index is 11.9. The molecule has 0 bridgehead atoms. The van der Waals surface area contributed by atoms with Crippen LogP contribution in [0.15, 0.2) is 5.16 Å². The zero-order valence-corrected chi connectivity index (χ0v) is 10.5. The summed E-state index contributed by atoms with van der Waals surface area (Å²) in [5, 5.41) is 18.0. The summed E-state index contributed by atoms with van der Waals surface area (Å²) in [5.41, 5.74) is 6.11. The number of nitrogens with zero attached hydrogens (tertiary/aromatic N) is 3. The van der Waals surface area contributed by atoms with Gasteiger partial charge in [0, 0.05) is 0 Å². The summed E-state index contributed by atoms with van der Waals surface area (Å²) in [4.78, 5) is 12.4. The van der Waals surface area contributed by atoms with E-state index in [4.69, 9.17) is 10.9 Å². The molecule has 1 aromatic rings. The standard InChI is InChI=1S/C9H15N5O2S/c1-3-5-7(17-14-12-5)9(15)11-6(4-2)8(10)13-16/h6,16H,3-4H2,1-2H3,(H2,10,13)(H,11,15). The van der Waals surface area contributed by atoms with Gasteiger partial charge in [-0.05, 0) is 24.4 Å².